The second-order valence-corrected chi connectivity index (χ2v) is 6.59. The third kappa shape index (κ3) is 4.42. The molecule has 5 heteroatoms. The minimum Gasteiger partial charge on any atom is -0.468 e. The van der Waals surface area contributed by atoms with E-state index < -0.39 is 0 Å². The number of carbonyl (C=O) groups is 1. The molecule has 0 unspecified atom stereocenters. The van der Waals surface area contributed by atoms with Crippen molar-refractivity contribution in [2.45, 2.75) is 25.3 Å². The molecule has 0 saturated carbocycles. The van der Waals surface area contributed by atoms with Crippen LogP contribution in [0.3, 0.4) is 0 Å². The summed E-state index contributed by atoms with van der Waals surface area (Å²) in [7, 11) is 3.68. The fourth-order valence-electron chi connectivity index (χ4n) is 3.33. The summed E-state index contributed by atoms with van der Waals surface area (Å²) in [5.74, 6) is 0.672. The third-order valence-electron chi connectivity index (χ3n) is 4.90. The lowest BCUT2D eigenvalue weighted by atomic mass is 10.0. The quantitative estimate of drug-likeness (QED) is 0.809. The van der Waals surface area contributed by atoms with Crippen molar-refractivity contribution < 1.29 is 13.9 Å². The molecular formula is C20H26N2O3. The Bertz CT molecular complexity index is 683. The summed E-state index contributed by atoms with van der Waals surface area (Å²) < 4.78 is 10.4. The van der Waals surface area contributed by atoms with Crippen molar-refractivity contribution in [1.82, 2.24) is 9.80 Å². The zero-order valence-corrected chi connectivity index (χ0v) is 15.0. The summed E-state index contributed by atoms with van der Waals surface area (Å²) in [5.41, 5.74) is 1.35. The van der Waals surface area contributed by atoms with Gasteiger partial charge in [0.1, 0.15) is 0 Å². The highest BCUT2D eigenvalue weighted by atomic mass is 16.6. The number of nitrogens with zero attached hydrogens (tertiary/aromatic N) is 2. The fraction of sp³-hybridized carbons (Fsp3) is 0.450. The van der Waals surface area contributed by atoms with E-state index >= 15 is 0 Å². The zero-order chi connectivity index (χ0) is 17.6. The number of ether oxygens (including phenoxy) is 1. The molecule has 0 aliphatic carbocycles. The van der Waals surface area contributed by atoms with E-state index in [1.54, 1.807) is 12.1 Å². The number of carbonyl (C=O) groups excluding carboxylic acids is 1. The maximum atomic E-state index is 12.6. The van der Waals surface area contributed by atoms with E-state index in [4.69, 9.17) is 9.15 Å². The first-order chi connectivity index (χ1) is 12.2. The lowest BCUT2D eigenvalue weighted by Crippen LogP contribution is -2.49. The van der Waals surface area contributed by atoms with Crippen LogP contribution in [0, 0.1) is 0 Å². The van der Waals surface area contributed by atoms with Gasteiger partial charge in [0.25, 0.3) is 11.9 Å². The topological polar surface area (TPSA) is 45.9 Å². The van der Waals surface area contributed by atoms with Crippen LogP contribution in [-0.4, -0.2) is 55.5 Å². The highest BCUT2D eigenvalue weighted by Gasteiger charge is 2.28. The SMILES string of the molecule is COc1ccc(C(=O)N2CCC[C@H](N(C)CCc3ccccc3)C2)o1. The summed E-state index contributed by atoms with van der Waals surface area (Å²) >= 11 is 0. The minimum absolute atomic E-state index is 0.0514. The largest absolute Gasteiger partial charge is 0.468 e. The van der Waals surface area contributed by atoms with Crippen LogP contribution in [0.25, 0.3) is 0 Å². The van der Waals surface area contributed by atoms with Crippen molar-refractivity contribution in [1.29, 1.82) is 0 Å². The van der Waals surface area contributed by atoms with Crippen LogP contribution >= 0.6 is 0 Å². The highest BCUT2D eigenvalue weighted by Crippen LogP contribution is 2.21. The molecule has 25 heavy (non-hydrogen) atoms. The number of likely N-dealkylation sites (N-methyl/N-ethyl adjacent to an activating group) is 1. The van der Waals surface area contributed by atoms with Crippen molar-refractivity contribution in [3.05, 3.63) is 53.8 Å². The van der Waals surface area contributed by atoms with E-state index in [1.165, 1.54) is 12.7 Å². The van der Waals surface area contributed by atoms with Gasteiger partial charge in [0.15, 0.2) is 5.76 Å². The number of benzene rings is 1. The first-order valence-electron chi connectivity index (χ1n) is 8.84. The van der Waals surface area contributed by atoms with Crippen LogP contribution in [-0.2, 0) is 6.42 Å². The van der Waals surface area contributed by atoms with Crippen molar-refractivity contribution >= 4 is 5.91 Å². The first-order valence-corrected chi connectivity index (χ1v) is 8.84. The van der Waals surface area contributed by atoms with Crippen LogP contribution < -0.4 is 4.74 Å². The van der Waals surface area contributed by atoms with Crippen LogP contribution in [0.4, 0.5) is 0 Å². The van der Waals surface area contributed by atoms with Crippen molar-refractivity contribution in [3.63, 3.8) is 0 Å². The number of furan rings is 1. The van der Waals surface area contributed by atoms with Gasteiger partial charge in [0.05, 0.1) is 7.11 Å². The molecule has 1 amide bonds. The molecule has 2 aromatic rings. The van der Waals surface area contributed by atoms with E-state index in [-0.39, 0.29) is 5.91 Å². The van der Waals surface area contributed by atoms with E-state index in [0.29, 0.717) is 17.7 Å². The van der Waals surface area contributed by atoms with E-state index in [0.717, 1.165) is 38.9 Å². The van der Waals surface area contributed by atoms with Gasteiger partial charge >= 0.3 is 0 Å². The Morgan fingerprint density at radius 1 is 1.28 bits per heavy atom. The Morgan fingerprint density at radius 2 is 2.08 bits per heavy atom. The number of likely N-dealkylation sites (tertiary alicyclic amines) is 1. The molecular weight excluding hydrogens is 316 g/mol. The molecule has 1 aromatic heterocycles. The smallest absolute Gasteiger partial charge is 0.289 e. The van der Waals surface area contributed by atoms with Crippen molar-refractivity contribution in [3.8, 4) is 5.95 Å². The maximum Gasteiger partial charge on any atom is 0.289 e. The molecule has 1 saturated heterocycles. The fourth-order valence-corrected chi connectivity index (χ4v) is 3.33. The molecule has 0 bridgehead atoms. The number of hydrogen-bond donors (Lipinski definition) is 0. The van der Waals surface area contributed by atoms with Gasteiger partial charge in [-0.15, -0.1) is 0 Å². The predicted molar refractivity (Wildman–Crippen MR) is 97.0 cm³/mol. The Kier molecular flexibility index (Phi) is 5.76. The molecule has 1 atom stereocenters. The summed E-state index contributed by atoms with van der Waals surface area (Å²) in [6.07, 6.45) is 3.16. The monoisotopic (exact) mass is 342 g/mol. The minimum atomic E-state index is -0.0514. The Balaban J connectivity index is 1.55. The average molecular weight is 342 g/mol. The maximum absolute atomic E-state index is 12.6. The Morgan fingerprint density at radius 3 is 2.80 bits per heavy atom. The van der Waals surface area contributed by atoms with Gasteiger partial charge in [0, 0.05) is 31.7 Å². The lowest BCUT2D eigenvalue weighted by molar-refractivity contribution is 0.0576. The standard InChI is InChI=1S/C20H26N2O3/c1-21(14-12-16-7-4-3-5-8-16)17-9-6-13-22(15-17)20(23)18-10-11-19(24-2)25-18/h3-5,7-8,10-11,17H,6,9,12-15H2,1-2H3/t17-/m0/s1. The molecule has 0 spiro atoms. The Hall–Kier alpha value is -2.27. The van der Waals surface area contributed by atoms with E-state index in [1.807, 2.05) is 11.0 Å². The molecule has 1 aliphatic rings. The summed E-state index contributed by atoms with van der Waals surface area (Å²) in [5, 5.41) is 0. The third-order valence-corrected chi connectivity index (χ3v) is 4.90. The van der Waals surface area contributed by atoms with Crippen LogP contribution in [0.15, 0.2) is 46.9 Å². The molecule has 0 radical (unpaired) electrons. The summed E-state index contributed by atoms with van der Waals surface area (Å²) in [6, 6.07) is 14.3. The molecule has 5 nitrogen and oxygen atoms in total. The van der Waals surface area contributed by atoms with E-state index in [2.05, 4.69) is 36.2 Å². The van der Waals surface area contributed by atoms with Gasteiger partial charge in [-0.05, 0) is 37.9 Å². The van der Waals surface area contributed by atoms with Crippen LogP contribution in [0.1, 0.15) is 29.0 Å². The van der Waals surface area contributed by atoms with Crippen molar-refractivity contribution in [2.75, 3.05) is 33.8 Å². The van der Waals surface area contributed by atoms with Crippen LogP contribution in [0.2, 0.25) is 0 Å². The molecule has 1 fully saturated rings. The second-order valence-electron chi connectivity index (χ2n) is 6.59. The zero-order valence-electron chi connectivity index (χ0n) is 15.0. The normalized spacial score (nSPS) is 17.7. The Labute approximate surface area is 149 Å². The molecule has 2 heterocycles. The molecule has 0 N–H and O–H groups in total. The average Bonchev–Trinajstić information content (AvgIpc) is 3.15. The predicted octanol–water partition coefficient (Wildman–Crippen LogP) is 3.07. The second kappa shape index (κ2) is 8.21. The number of rotatable bonds is 6. The van der Waals surface area contributed by atoms with E-state index in [9.17, 15) is 4.79 Å². The molecule has 3 rings (SSSR count). The number of methoxy groups -OCH3 is 1. The van der Waals surface area contributed by atoms with Gasteiger partial charge < -0.3 is 19.0 Å². The van der Waals surface area contributed by atoms with Gasteiger partial charge in [0.2, 0.25) is 0 Å². The molecule has 1 aliphatic heterocycles. The lowest BCUT2D eigenvalue weighted by Gasteiger charge is -2.37. The summed E-state index contributed by atoms with van der Waals surface area (Å²) in [4.78, 5) is 16.9. The summed E-state index contributed by atoms with van der Waals surface area (Å²) in [6.45, 7) is 2.52. The van der Waals surface area contributed by atoms with Crippen molar-refractivity contribution in [2.24, 2.45) is 0 Å². The first kappa shape index (κ1) is 17.5. The number of hydrogen-bond acceptors (Lipinski definition) is 4. The number of amides is 1. The van der Waals surface area contributed by atoms with Gasteiger partial charge in [-0.25, -0.2) is 0 Å². The van der Waals surface area contributed by atoms with Gasteiger partial charge in [-0.2, -0.15) is 0 Å². The number of piperidine rings is 1. The van der Waals surface area contributed by atoms with Gasteiger partial charge in [-0.1, -0.05) is 30.3 Å². The van der Waals surface area contributed by atoms with Gasteiger partial charge in [-0.3, -0.25) is 4.79 Å². The highest BCUT2D eigenvalue weighted by molar-refractivity contribution is 5.91. The molecule has 1 aromatic carbocycles. The van der Waals surface area contributed by atoms with Crippen LogP contribution in [0.5, 0.6) is 5.95 Å². The molecule has 134 valence electrons.